The summed E-state index contributed by atoms with van der Waals surface area (Å²) in [4.78, 5) is 14.3. The number of hydrogen-bond acceptors (Lipinski definition) is 7. The predicted molar refractivity (Wildman–Crippen MR) is 206 cm³/mol. The predicted octanol–water partition coefficient (Wildman–Crippen LogP) is 10.4. The third-order valence-electron chi connectivity index (χ3n) is 12.1. The molecule has 10 heteroatoms. The van der Waals surface area contributed by atoms with Crippen LogP contribution in [0, 0.1) is 11.8 Å². The molecule has 7 atom stereocenters. The lowest BCUT2D eigenvalue weighted by molar-refractivity contribution is -0.167. The largest absolute Gasteiger partial charge is 0.497 e. The summed E-state index contributed by atoms with van der Waals surface area (Å²) in [6.45, 7) is 38.2. The summed E-state index contributed by atoms with van der Waals surface area (Å²) >= 11 is 0. The van der Waals surface area contributed by atoms with Gasteiger partial charge in [-0.2, -0.15) is 0 Å². The maximum Gasteiger partial charge on any atom is 0.311 e. The highest BCUT2D eigenvalue weighted by atomic mass is 28.4. The van der Waals surface area contributed by atoms with Crippen LogP contribution in [0.3, 0.4) is 0 Å². The maximum absolute atomic E-state index is 14.3. The number of cyclic esters (lactones) is 1. The van der Waals surface area contributed by atoms with Gasteiger partial charge in [0.25, 0.3) is 0 Å². The van der Waals surface area contributed by atoms with Crippen LogP contribution in [0.1, 0.15) is 95.6 Å². The lowest BCUT2D eigenvalue weighted by atomic mass is 9.78. The summed E-state index contributed by atoms with van der Waals surface area (Å²) in [5, 5.41) is -0.136. The number of rotatable bonds is 13. The molecule has 0 amide bonds. The van der Waals surface area contributed by atoms with Crippen molar-refractivity contribution in [3.05, 3.63) is 29.8 Å². The maximum atomic E-state index is 14.3. The van der Waals surface area contributed by atoms with Crippen LogP contribution in [-0.2, 0) is 34.2 Å². The molecule has 1 fully saturated rings. The molecule has 1 aliphatic rings. The van der Waals surface area contributed by atoms with Gasteiger partial charge < -0.3 is 27.5 Å². The van der Waals surface area contributed by atoms with Crippen molar-refractivity contribution < 1.29 is 32.3 Å². The molecule has 0 N–H and O–H groups in total. The van der Waals surface area contributed by atoms with E-state index < -0.39 is 60.9 Å². The number of ether oxygens (including phenoxy) is 3. The first-order valence-electron chi connectivity index (χ1n) is 18.4. The Morgan fingerprint density at radius 1 is 0.792 bits per heavy atom. The lowest BCUT2D eigenvalue weighted by Gasteiger charge is -2.56. The molecule has 1 aromatic rings. The van der Waals surface area contributed by atoms with Gasteiger partial charge in [0, 0.05) is 5.92 Å². The van der Waals surface area contributed by atoms with Crippen molar-refractivity contribution in [1.82, 2.24) is 0 Å². The van der Waals surface area contributed by atoms with Crippen molar-refractivity contribution in [1.29, 1.82) is 0 Å². The fraction of sp³-hybridized carbons (Fsp3) is 0.816. The van der Waals surface area contributed by atoms with Crippen LogP contribution in [0.4, 0.5) is 0 Å². The topological polar surface area (TPSA) is 72.5 Å². The van der Waals surface area contributed by atoms with Crippen molar-refractivity contribution in [2.75, 3.05) is 7.11 Å². The summed E-state index contributed by atoms with van der Waals surface area (Å²) in [5.41, 5.74) is 0.0623. The van der Waals surface area contributed by atoms with Crippen LogP contribution >= 0.6 is 0 Å². The van der Waals surface area contributed by atoms with Crippen molar-refractivity contribution in [2.45, 2.75) is 181 Å². The normalized spacial score (nSPS) is 28.3. The highest BCUT2D eigenvalue weighted by Gasteiger charge is 2.60. The highest BCUT2D eigenvalue weighted by Crippen LogP contribution is 2.48. The quantitative estimate of drug-likeness (QED) is 0.148. The molecule has 0 spiro atoms. The van der Waals surface area contributed by atoms with Crippen molar-refractivity contribution in [3.63, 3.8) is 0 Å². The van der Waals surface area contributed by atoms with E-state index in [9.17, 15) is 4.79 Å². The van der Waals surface area contributed by atoms with E-state index >= 15 is 0 Å². The lowest BCUT2D eigenvalue weighted by Crippen LogP contribution is -2.68. The molecular weight excluding hydrogens is 653 g/mol. The molecule has 278 valence electrons. The second-order valence-corrected chi connectivity index (χ2v) is 31.7. The average Bonchev–Trinajstić information content (AvgIpc) is 3.01. The van der Waals surface area contributed by atoms with E-state index in [1.54, 1.807) is 7.11 Å². The van der Waals surface area contributed by atoms with E-state index in [0.29, 0.717) is 6.61 Å². The minimum atomic E-state index is -2.42. The van der Waals surface area contributed by atoms with Crippen molar-refractivity contribution in [3.8, 4) is 5.75 Å². The Kier molecular flexibility index (Phi) is 14.5. The van der Waals surface area contributed by atoms with Gasteiger partial charge in [-0.3, -0.25) is 4.79 Å². The number of benzene rings is 1. The van der Waals surface area contributed by atoms with E-state index in [1.807, 2.05) is 38.1 Å². The Morgan fingerprint density at radius 3 is 1.67 bits per heavy atom. The zero-order valence-electron chi connectivity index (χ0n) is 34.0. The van der Waals surface area contributed by atoms with E-state index in [1.165, 1.54) is 0 Å². The van der Waals surface area contributed by atoms with Gasteiger partial charge >= 0.3 is 5.97 Å². The van der Waals surface area contributed by atoms with Gasteiger partial charge in [0.05, 0.1) is 37.9 Å². The minimum absolute atomic E-state index is 0.0559. The molecule has 1 heterocycles. The fourth-order valence-electron chi connectivity index (χ4n) is 6.44. The van der Waals surface area contributed by atoms with E-state index in [-0.39, 0.29) is 22.0 Å². The average molecular weight is 725 g/mol. The second kappa shape index (κ2) is 16.1. The van der Waals surface area contributed by atoms with Gasteiger partial charge in [-0.25, -0.2) is 0 Å². The summed E-state index contributed by atoms with van der Waals surface area (Å²) in [5.74, 6) is -0.263. The van der Waals surface area contributed by atoms with Crippen LogP contribution in [0.15, 0.2) is 24.3 Å². The monoisotopic (exact) mass is 724 g/mol. The number of methoxy groups -OCH3 is 1. The van der Waals surface area contributed by atoms with Crippen LogP contribution in [0.2, 0.25) is 54.4 Å². The van der Waals surface area contributed by atoms with E-state index in [0.717, 1.165) is 29.4 Å². The van der Waals surface area contributed by atoms with Crippen LogP contribution in [0.25, 0.3) is 0 Å². The SMILES string of the molecule is CC[Si](CC)(CC)O[C@@]1(C)[C@H](O[Si](C)(C)C(C)(C)C)[C@@H](C)[C@H](OCc2ccc(OC)cc2)[C@@H](C)OC(=O)[C@H](C)[C@@H]1O[Si](C)(C)C(C)(C)C. The summed E-state index contributed by atoms with van der Waals surface area (Å²) in [6, 6.07) is 10.8. The third kappa shape index (κ3) is 9.64. The Morgan fingerprint density at radius 2 is 1.25 bits per heavy atom. The van der Waals surface area contributed by atoms with E-state index in [2.05, 4.69) is 102 Å². The first-order chi connectivity index (χ1) is 21.8. The highest BCUT2D eigenvalue weighted by molar-refractivity contribution is 6.75. The molecule has 1 aliphatic heterocycles. The molecule has 7 nitrogen and oxygen atoms in total. The Labute approximate surface area is 297 Å². The zero-order valence-corrected chi connectivity index (χ0v) is 37.0. The van der Waals surface area contributed by atoms with Gasteiger partial charge in [0.1, 0.15) is 17.5 Å². The molecule has 0 saturated carbocycles. The molecule has 2 rings (SSSR count). The molecular formula is C38H72O7Si3. The first-order valence-corrected chi connectivity index (χ1v) is 26.7. The molecule has 0 aliphatic carbocycles. The number of hydrogen-bond donors (Lipinski definition) is 0. The summed E-state index contributed by atoms with van der Waals surface area (Å²) < 4.78 is 41.3. The van der Waals surface area contributed by atoms with Gasteiger partial charge in [0.2, 0.25) is 0 Å². The van der Waals surface area contributed by atoms with Gasteiger partial charge in [-0.15, -0.1) is 0 Å². The molecule has 1 saturated heterocycles. The number of carbonyl (C=O) groups is 1. The molecule has 0 radical (unpaired) electrons. The fourth-order valence-corrected chi connectivity index (χ4v) is 12.4. The molecule has 0 unspecified atom stereocenters. The van der Waals surface area contributed by atoms with Gasteiger partial charge in [0.15, 0.2) is 25.0 Å². The van der Waals surface area contributed by atoms with Crippen molar-refractivity contribution in [2.24, 2.45) is 11.8 Å². The minimum Gasteiger partial charge on any atom is -0.497 e. The van der Waals surface area contributed by atoms with Crippen LogP contribution < -0.4 is 4.74 Å². The first kappa shape index (κ1) is 43.1. The zero-order chi connectivity index (χ0) is 37.1. The van der Waals surface area contributed by atoms with Crippen LogP contribution in [-0.4, -0.2) is 68.0 Å². The summed E-state index contributed by atoms with van der Waals surface area (Å²) in [6.07, 6.45) is -1.97. The summed E-state index contributed by atoms with van der Waals surface area (Å²) in [7, 11) is -5.45. The molecule has 0 bridgehead atoms. The third-order valence-corrected chi connectivity index (χ3v) is 25.8. The Hall–Kier alpha value is -1.02. The van der Waals surface area contributed by atoms with Gasteiger partial charge in [-0.1, -0.05) is 81.4 Å². The standard InChI is InChI=1S/C38H72O7Si3/c1-19-48(20-2,21-3)45-38(13)33(43-46(15,16)36(7,8)9)27(4)32(41-26-30-22-24-31(40-14)25-23-30)29(6)42-35(39)28(5)34(38)44-47(17,18)37(10,11)12/h22-25,27-29,32-34H,19-21,26H2,1-18H3/t27-,28+,29+,32-,33+,34-,38-/m0/s1. The Bertz CT molecular complexity index is 1160. The second-order valence-electron chi connectivity index (χ2n) is 17.5. The molecule has 1 aromatic carbocycles. The van der Waals surface area contributed by atoms with Crippen LogP contribution in [0.5, 0.6) is 5.75 Å². The number of esters is 1. The number of carbonyl (C=O) groups excluding carboxylic acids is 1. The Balaban J connectivity index is 2.93. The smallest absolute Gasteiger partial charge is 0.311 e. The van der Waals surface area contributed by atoms with E-state index in [4.69, 9.17) is 27.5 Å². The van der Waals surface area contributed by atoms with Crippen molar-refractivity contribution >= 4 is 30.9 Å². The van der Waals surface area contributed by atoms with Gasteiger partial charge in [-0.05, 0) is 92.9 Å². The molecule has 48 heavy (non-hydrogen) atoms. The molecule has 0 aromatic heterocycles.